The van der Waals surface area contributed by atoms with E-state index in [4.69, 9.17) is 0 Å². The molecule has 1 nitrogen and oxygen atoms in total. The van der Waals surface area contributed by atoms with E-state index in [-0.39, 0.29) is 0 Å². The average molecular weight is 308 g/mol. The highest BCUT2D eigenvalue weighted by Crippen LogP contribution is 2.38. The van der Waals surface area contributed by atoms with Crippen LogP contribution in [0.1, 0.15) is 32.1 Å². The number of Topliss-reactive ketones (excluding diaryl/α,β-unsaturated/α-hetero) is 1. The number of hydrogen-bond donors (Lipinski definition) is 0. The van der Waals surface area contributed by atoms with Crippen LogP contribution in [0.3, 0.4) is 0 Å². The molecule has 0 unspecified atom stereocenters. The maximum atomic E-state index is 12.3. The number of benzene rings is 2. The molecule has 2 aromatic carbocycles. The summed E-state index contributed by atoms with van der Waals surface area (Å²) in [5.74, 6) is 0.309. The molecule has 0 saturated carbocycles. The van der Waals surface area contributed by atoms with Crippen molar-refractivity contribution in [2.45, 2.75) is 37.0 Å². The number of ketones is 1. The molecule has 1 aliphatic carbocycles. The zero-order valence-corrected chi connectivity index (χ0v) is 13.5. The van der Waals surface area contributed by atoms with Gasteiger partial charge in [0.25, 0.3) is 0 Å². The minimum atomic E-state index is 0.309. The molecule has 0 atom stereocenters. The van der Waals surface area contributed by atoms with Crippen LogP contribution in [0.15, 0.2) is 70.5 Å². The predicted octanol–water partition coefficient (Wildman–Crippen LogP) is 5.91. The lowest BCUT2D eigenvalue weighted by molar-refractivity contribution is -0.115. The normalized spacial score (nSPS) is 15.4. The van der Waals surface area contributed by atoms with Gasteiger partial charge in [-0.2, -0.15) is 0 Å². The summed E-state index contributed by atoms with van der Waals surface area (Å²) in [6.07, 6.45) is 6.58. The lowest BCUT2D eigenvalue weighted by Gasteiger charge is -2.18. The molecule has 1 aliphatic rings. The molecular formula is C20H20OS. The highest BCUT2D eigenvalue weighted by Gasteiger charge is 2.21. The van der Waals surface area contributed by atoms with Gasteiger partial charge in [-0.05, 0) is 48.6 Å². The summed E-state index contributed by atoms with van der Waals surface area (Å²) in [4.78, 5) is 14.5. The van der Waals surface area contributed by atoms with Gasteiger partial charge in [0, 0.05) is 11.3 Å². The Kier molecular flexibility index (Phi) is 4.79. The maximum Gasteiger partial charge on any atom is 0.169 e. The van der Waals surface area contributed by atoms with E-state index in [1.54, 1.807) is 11.8 Å². The Morgan fingerprint density at radius 2 is 1.91 bits per heavy atom. The van der Waals surface area contributed by atoms with E-state index in [0.717, 1.165) is 35.5 Å². The van der Waals surface area contributed by atoms with E-state index >= 15 is 0 Å². The third-order valence-corrected chi connectivity index (χ3v) is 5.26. The van der Waals surface area contributed by atoms with Crippen LogP contribution >= 0.6 is 11.8 Å². The summed E-state index contributed by atoms with van der Waals surface area (Å²) >= 11 is 1.64. The van der Waals surface area contributed by atoms with Gasteiger partial charge in [0.2, 0.25) is 0 Å². The van der Waals surface area contributed by atoms with Crippen molar-refractivity contribution in [3.63, 3.8) is 0 Å². The van der Waals surface area contributed by atoms with Gasteiger partial charge in [-0.3, -0.25) is 4.79 Å². The lowest BCUT2D eigenvalue weighted by Crippen LogP contribution is -2.09. The summed E-state index contributed by atoms with van der Waals surface area (Å²) in [6, 6.07) is 14.8. The molecule has 0 amide bonds. The second-order valence-corrected chi connectivity index (χ2v) is 6.73. The molecule has 0 saturated heterocycles. The molecule has 0 heterocycles. The highest BCUT2D eigenvalue weighted by molar-refractivity contribution is 8.04. The lowest BCUT2D eigenvalue weighted by atomic mass is 9.95. The first-order valence-corrected chi connectivity index (χ1v) is 8.62. The molecule has 0 fully saturated rings. The molecule has 0 spiro atoms. The van der Waals surface area contributed by atoms with Crippen LogP contribution in [0.25, 0.3) is 10.8 Å². The summed E-state index contributed by atoms with van der Waals surface area (Å²) in [6.45, 7) is 3.79. The Morgan fingerprint density at radius 1 is 1.09 bits per heavy atom. The Hall–Kier alpha value is -1.80. The van der Waals surface area contributed by atoms with Crippen LogP contribution in [-0.4, -0.2) is 5.78 Å². The number of thioether (sulfide) groups is 1. The van der Waals surface area contributed by atoms with Crippen LogP contribution in [0.5, 0.6) is 0 Å². The second-order valence-electron chi connectivity index (χ2n) is 5.65. The third kappa shape index (κ3) is 3.33. The van der Waals surface area contributed by atoms with E-state index < -0.39 is 0 Å². The standard InChI is InChI=1S/C20H20OS/c1-2-3-7-16-10-6-11-19(21)20(16)22-18-13-12-15-8-4-5-9-17(15)14-18/h2,4-5,8-9,12-14H,1,3,6-7,10-11H2. The van der Waals surface area contributed by atoms with Gasteiger partial charge in [-0.25, -0.2) is 0 Å². The summed E-state index contributed by atoms with van der Waals surface area (Å²) < 4.78 is 0. The Balaban J connectivity index is 1.91. The molecule has 2 heteroatoms. The molecule has 3 rings (SSSR count). The molecule has 0 aromatic heterocycles. The number of allylic oxidation sites excluding steroid dienone is 3. The number of carbonyl (C=O) groups excluding carboxylic acids is 1. The summed E-state index contributed by atoms with van der Waals surface area (Å²) in [5.41, 5.74) is 1.31. The molecule has 2 aromatic rings. The molecule has 0 radical (unpaired) electrons. The van der Waals surface area contributed by atoms with Crippen molar-refractivity contribution in [2.24, 2.45) is 0 Å². The quantitative estimate of drug-likeness (QED) is 0.639. The zero-order valence-electron chi connectivity index (χ0n) is 12.7. The van der Waals surface area contributed by atoms with Gasteiger partial charge in [0.15, 0.2) is 5.78 Å². The van der Waals surface area contributed by atoms with Crippen molar-refractivity contribution in [1.82, 2.24) is 0 Å². The first-order chi connectivity index (χ1) is 10.8. The van der Waals surface area contributed by atoms with Crippen molar-refractivity contribution >= 4 is 28.3 Å². The smallest absolute Gasteiger partial charge is 0.169 e. The molecule has 0 aliphatic heterocycles. The Morgan fingerprint density at radius 3 is 2.73 bits per heavy atom. The van der Waals surface area contributed by atoms with Crippen LogP contribution in [0.4, 0.5) is 0 Å². The van der Waals surface area contributed by atoms with Gasteiger partial charge in [0.05, 0.1) is 4.91 Å². The second kappa shape index (κ2) is 6.97. The van der Waals surface area contributed by atoms with Crippen molar-refractivity contribution in [3.05, 3.63) is 65.6 Å². The van der Waals surface area contributed by atoms with Gasteiger partial charge in [-0.15, -0.1) is 6.58 Å². The van der Waals surface area contributed by atoms with Crippen molar-refractivity contribution in [1.29, 1.82) is 0 Å². The van der Waals surface area contributed by atoms with Crippen LogP contribution in [0, 0.1) is 0 Å². The van der Waals surface area contributed by atoms with Gasteiger partial charge >= 0.3 is 0 Å². The minimum absolute atomic E-state index is 0.309. The van der Waals surface area contributed by atoms with Gasteiger partial charge < -0.3 is 0 Å². The number of hydrogen-bond acceptors (Lipinski definition) is 2. The minimum Gasteiger partial charge on any atom is -0.294 e. The molecule has 0 N–H and O–H groups in total. The molecule has 22 heavy (non-hydrogen) atoms. The zero-order chi connectivity index (χ0) is 15.4. The van der Waals surface area contributed by atoms with Gasteiger partial charge in [0.1, 0.15) is 0 Å². The summed E-state index contributed by atoms with van der Waals surface area (Å²) in [7, 11) is 0. The number of carbonyl (C=O) groups is 1. The first kappa shape index (κ1) is 15.1. The topological polar surface area (TPSA) is 17.1 Å². The monoisotopic (exact) mass is 308 g/mol. The summed E-state index contributed by atoms with van der Waals surface area (Å²) in [5, 5.41) is 2.46. The van der Waals surface area contributed by atoms with Crippen molar-refractivity contribution in [3.8, 4) is 0 Å². The highest BCUT2D eigenvalue weighted by atomic mass is 32.2. The number of fused-ring (bicyclic) bond motifs is 1. The number of rotatable bonds is 5. The molecular weight excluding hydrogens is 288 g/mol. The largest absolute Gasteiger partial charge is 0.294 e. The first-order valence-electron chi connectivity index (χ1n) is 7.80. The van der Waals surface area contributed by atoms with Crippen molar-refractivity contribution in [2.75, 3.05) is 0 Å². The fraction of sp³-hybridized carbons (Fsp3) is 0.250. The van der Waals surface area contributed by atoms with Crippen molar-refractivity contribution < 1.29 is 4.79 Å². The van der Waals surface area contributed by atoms with E-state index in [1.807, 2.05) is 6.08 Å². The van der Waals surface area contributed by atoms with Crippen LogP contribution in [-0.2, 0) is 4.79 Å². The SMILES string of the molecule is C=CCCC1=C(Sc2ccc3ccccc3c2)C(=O)CCC1. The maximum absolute atomic E-state index is 12.3. The average Bonchev–Trinajstić information content (AvgIpc) is 2.55. The third-order valence-electron chi connectivity index (χ3n) is 4.05. The van der Waals surface area contributed by atoms with Crippen LogP contribution < -0.4 is 0 Å². The van der Waals surface area contributed by atoms with E-state index in [1.165, 1.54) is 16.3 Å². The Bertz CT molecular complexity index is 742. The molecule has 112 valence electrons. The van der Waals surface area contributed by atoms with E-state index in [9.17, 15) is 4.79 Å². The fourth-order valence-electron chi connectivity index (χ4n) is 2.88. The van der Waals surface area contributed by atoms with E-state index in [0.29, 0.717) is 12.2 Å². The Labute approximate surface area is 136 Å². The van der Waals surface area contributed by atoms with Crippen LogP contribution in [0.2, 0.25) is 0 Å². The van der Waals surface area contributed by atoms with E-state index in [2.05, 4.69) is 49.0 Å². The molecule has 0 bridgehead atoms. The predicted molar refractivity (Wildman–Crippen MR) is 95.1 cm³/mol. The fourth-order valence-corrected chi connectivity index (χ4v) is 4.00. The van der Waals surface area contributed by atoms with Gasteiger partial charge in [-0.1, -0.05) is 53.7 Å².